The Labute approximate surface area is 118 Å². The highest BCUT2D eigenvalue weighted by Gasteiger charge is 2.05. The summed E-state index contributed by atoms with van der Waals surface area (Å²) < 4.78 is 1.42. The first kappa shape index (κ1) is 16.2. The number of nitrogens with zero attached hydrogens (tertiary/aromatic N) is 3. The van der Waals surface area contributed by atoms with E-state index in [1.54, 1.807) is 12.3 Å². The maximum atomic E-state index is 11.9. The SMILES string of the molecule is CCN(CC)c1cnn(CCCCC(=O)NN)c(=O)c1. The van der Waals surface area contributed by atoms with Crippen LogP contribution in [0.4, 0.5) is 5.69 Å². The molecule has 1 amide bonds. The second-order valence-corrected chi connectivity index (χ2v) is 4.47. The Morgan fingerprint density at radius 3 is 2.65 bits per heavy atom. The molecule has 0 spiro atoms. The van der Waals surface area contributed by atoms with Crippen LogP contribution in [-0.2, 0) is 11.3 Å². The van der Waals surface area contributed by atoms with E-state index in [0.29, 0.717) is 25.8 Å². The fourth-order valence-electron chi connectivity index (χ4n) is 1.97. The van der Waals surface area contributed by atoms with Crippen LogP contribution in [0.5, 0.6) is 0 Å². The minimum absolute atomic E-state index is 0.113. The molecule has 0 unspecified atom stereocenters. The van der Waals surface area contributed by atoms with E-state index < -0.39 is 0 Å². The highest BCUT2D eigenvalue weighted by molar-refractivity contribution is 5.75. The quantitative estimate of drug-likeness (QED) is 0.308. The Morgan fingerprint density at radius 1 is 1.40 bits per heavy atom. The van der Waals surface area contributed by atoms with E-state index in [1.807, 2.05) is 13.8 Å². The van der Waals surface area contributed by atoms with Crippen molar-refractivity contribution < 1.29 is 4.79 Å². The number of carbonyl (C=O) groups excluding carboxylic acids is 1. The predicted molar refractivity (Wildman–Crippen MR) is 78.2 cm³/mol. The number of amides is 1. The number of hydrazine groups is 1. The van der Waals surface area contributed by atoms with Crippen LogP contribution < -0.4 is 21.7 Å². The van der Waals surface area contributed by atoms with Crippen molar-refractivity contribution in [1.29, 1.82) is 0 Å². The fourth-order valence-corrected chi connectivity index (χ4v) is 1.97. The van der Waals surface area contributed by atoms with Crippen LogP contribution in [0.1, 0.15) is 33.1 Å². The summed E-state index contributed by atoms with van der Waals surface area (Å²) in [5, 5.41) is 4.17. The third-order valence-corrected chi connectivity index (χ3v) is 3.17. The predicted octanol–water partition coefficient (Wildman–Crippen LogP) is 0.250. The zero-order valence-electron chi connectivity index (χ0n) is 12.1. The second-order valence-electron chi connectivity index (χ2n) is 4.47. The topological polar surface area (TPSA) is 93.2 Å². The third-order valence-electron chi connectivity index (χ3n) is 3.17. The molecular weight excluding hydrogens is 258 g/mol. The maximum Gasteiger partial charge on any atom is 0.268 e. The van der Waals surface area contributed by atoms with Gasteiger partial charge in [0.15, 0.2) is 0 Å². The van der Waals surface area contributed by atoms with Crippen molar-refractivity contribution >= 4 is 11.6 Å². The van der Waals surface area contributed by atoms with Crippen molar-refractivity contribution in [2.45, 2.75) is 39.7 Å². The van der Waals surface area contributed by atoms with Crippen LogP contribution in [-0.4, -0.2) is 28.8 Å². The van der Waals surface area contributed by atoms with Gasteiger partial charge < -0.3 is 4.90 Å². The van der Waals surface area contributed by atoms with E-state index in [1.165, 1.54) is 4.68 Å². The van der Waals surface area contributed by atoms with Gasteiger partial charge >= 0.3 is 0 Å². The standard InChI is InChI=1S/C13H23N5O2/c1-3-17(4-2)11-9-13(20)18(15-10-11)8-6-5-7-12(19)16-14/h9-10H,3-8,14H2,1-2H3,(H,16,19). The minimum atomic E-state index is -0.192. The van der Waals surface area contributed by atoms with E-state index in [9.17, 15) is 9.59 Å². The van der Waals surface area contributed by atoms with Crippen LogP contribution in [0.3, 0.4) is 0 Å². The van der Waals surface area contributed by atoms with Crippen molar-refractivity contribution in [3.63, 3.8) is 0 Å². The maximum absolute atomic E-state index is 11.9. The average molecular weight is 281 g/mol. The molecule has 112 valence electrons. The molecule has 1 rings (SSSR count). The van der Waals surface area contributed by atoms with Gasteiger partial charge in [0.1, 0.15) is 0 Å². The number of anilines is 1. The van der Waals surface area contributed by atoms with Gasteiger partial charge in [0, 0.05) is 32.1 Å². The molecule has 0 bridgehead atoms. The van der Waals surface area contributed by atoms with Gasteiger partial charge in [-0.3, -0.25) is 15.0 Å². The summed E-state index contributed by atoms with van der Waals surface area (Å²) in [4.78, 5) is 25.0. The first-order valence-corrected chi connectivity index (χ1v) is 6.93. The number of nitrogens with two attached hydrogens (primary N) is 1. The van der Waals surface area contributed by atoms with Crippen molar-refractivity contribution in [2.24, 2.45) is 5.84 Å². The zero-order valence-corrected chi connectivity index (χ0v) is 12.1. The molecular formula is C13H23N5O2. The molecule has 7 nitrogen and oxygen atoms in total. The molecule has 3 N–H and O–H groups in total. The van der Waals surface area contributed by atoms with Crippen LogP contribution in [0.2, 0.25) is 0 Å². The Hall–Kier alpha value is -1.89. The van der Waals surface area contributed by atoms with Crippen LogP contribution >= 0.6 is 0 Å². The zero-order chi connectivity index (χ0) is 15.0. The first-order chi connectivity index (χ1) is 9.62. The second kappa shape index (κ2) is 8.31. The van der Waals surface area contributed by atoms with E-state index in [2.05, 4.69) is 15.4 Å². The van der Waals surface area contributed by atoms with E-state index >= 15 is 0 Å². The summed E-state index contributed by atoms with van der Waals surface area (Å²) in [5.74, 6) is 4.80. The lowest BCUT2D eigenvalue weighted by molar-refractivity contribution is -0.121. The van der Waals surface area contributed by atoms with Gasteiger partial charge in [0.25, 0.3) is 5.56 Å². The number of carbonyl (C=O) groups is 1. The summed E-state index contributed by atoms with van der Waals surface area (Å²) in [7, 11) is 0. The molecule has 0 saturated heterocycles. The molecule has 1 aromatic heterocycles. The smallest absolute Gasteiger partial charge is 0.268 e. The van der Waals surface area contributed by atoms with E-state index in [-0.39, 0.29) is 11.5 Å². The number of hydrogen-bond acceptors (Lipinski definition) is 5. The fraction of sp³-hybridized carbons (Fsp3) is 0.615. The number of unbranched alkanes of at least 4 members (excludes halogenated alkanes) is 1. The van der Waals surface area contributed by atoms with Gasteiger partial charge in [-0.25, -0.2) is 10.5 Å². The van der Waals surface area contributed by atoms with Gasteiger partial charge in [-0.2, -0.15) is 5.10 Å². The van der Waals surface area contributed by atoms with Crippen LogP contribution in [0.15, 0.2) is 17.1 Å². The number of rotatable bonds is 8. The van der Waals surface area contributed by atoms with Gasteiger partial charge in [0.05, 0.1) is 11.9 Å². The van der Waals surface area contributed by atoms with Crippen LogP contribution in [0, 0.1) is 0 Å². The Bertz CT molecular complexity index is 482. The van der Waals surface area contributed by atoms with Gasteiger partial charge in [-0.15, -0.1) is 0 Å². The average Bonchev–Trinajstić information content (AvgIpc) is 2.46. The van der Waals surface area contributed by atoms with Crippen molar-refractivity contribution in [1.82, 2.24) is 15.2 Å². The van der Waals surface area contributed by atoms with Gasteiger partial charge in [-0.05, 0) is 26.7 Å². The summed E-state index contributed by atoms with van der Waals surface area (Å²) in [6, 6.07) is 1.60. The summed E-state index contributed by atoms with van der Waals surface area (Å²) in [6.45, 7) is 6.27. The highest BCUT2D eigenvalue weighted by Crippen LogP contribution is 2.08. The molecule has 0 atom stereocenters. The number of aryl methyl sites for hydroxylation is 1. The molecule has 0 aliphatic carbocycles. The third kappa shape index (κ3) is 4.65. The molecule has 0 saturated carbocycles. The molecule has 0 fully saturated rings. The molecule has 0 aromatic carbocycles. The number of hydrogen-bond donors (Lipinski definition) is 2. The Kier molecular flexibility index (Phi) is 6.72. The molecule has 7 heteroatoms. The van der Waals surface area contributed by atoms with Crippen molar-refractivity contribution in [3.8, 4) is 0 Å². The number of nitrogens with one attached hydrogen (secondary N) is 1. The van der Waals surface area contributed by atoms with Gasteiger partial charge in [-0.1, -0.05) is 0 Å². The number of aromatic nitrogens is 2. The summed E-state index contributed by atoms with van der Waals surface area (Å²) >= 11 is 0. The summed E-state index contributed by atoms with van der Waals surface area (Å²) in [6.07, 6.45) is 3.46. The van der Waals surface area contributed by atoms with Crippen molar-refractivity contribution in [3.05, 3.63) is 22.6 Å². The lowest BCUT2D eigenvalue weighted by atomic mass is 10.2. The molecule has 20 heavy (non-hydrogen) atoms. The van der Waals surface area contributed by atoms with E-state index in [4.69, 9.17) is 5.84 Å². The van der Waals surface area contributed by atoms with Crippen molar-refractivity contribution in [2.75, 3.05) is 18.0 Å². The van der Waals surface area contributed by atoms with Crippen LogP contribution in [0.25, 0.3) is 0 Å². The lowest BCUT2D eigenvalue weighted by Crippen LogP contribution is -2.30. The monoisotopic (exact) mass is 281 g/mol. The molecule has 1 heterocycles. The van der Waals surface area contributed by atoms with E-state index in [0.717, 1.165) is 18.8 Å². The molecule has 0 radical (unpaired) electrons. The highest BCUT2D eigenvalue weighted by atomic mass is 16.2. The molecule has 0 aliphatic heterocycles. The first-order valence-electron chi connectivity index (χ1n) is 6.93. The Morgan fingerprint density at radius 2 is 2.10 bits per heavy atom. The van der Waals surface area contributed by atoms with Gasteiger partial charge in [0.2, 0.25) is 5.91 Å². The summed E-state index contributed by atoms with van der Waals surface area (Å²) in [5.41, 5.74) is 2.81. The Balaban J connectivity index is 2.56. The molecule has 1 aromatic rings. The molecule has 0 aliphatic rings. The normalized spacial score (nSPS) is 10.3. The minimum Gasteiger partial charge on any atom is -0.371 e. The lowest BCUT2D eigenvalue weighted by Gasteiger charge is -2.20. The largest absolute Gasteiger partial charge is 0.371 e.